The van der Waals surface area contributed by atoms with Crippen LogP contribution in [0.2, 0.25) is 0 Å². The van der Waals surface area contributed by atoms with E-state index in [-0.39, 0.29) is 12.5 Å². The molecule has 29 heavy (non-hydrogen) atoms. The van der Waals surface area contributed by atoms with Gasteiger partial charge in [0.25, 0.3) is 5.69 Å². The first-order valence-electron chi connectivity index (χ1n) is 9.28. The Balaban J connectivity index is 1.55. The molecule has 0 aromatic heterocycles. The van der Waals surface area contributed by atoms with Gasteiger partial charge in [-0.25, -0.2) is 4.99 Å². The van der Waals surface area contributed by atoms with Crippen LogP contribution in [0, 0.1) is 10.1 Å². The third-order valence-electron chi connectivity index (χ3n) is 4.31. The van der Waals surface area contributed by atoms with Crippen LogP contribution >= 0.6 is 0 Å². The molecule has 2 N–H and O–H groups in total. The summed E-state index contributed by atoms with van der Waals surface area (Å²) in [6.45, 7) is 2.52. The van der Waals surface area contributed by atoms with Crippen molar-refractivity contribution in [3.63, 3.8) is 0 Å². The van der Waals surface area contributed by atoms with Crippen molar-refractivity contribution in [2.45, 2.75) is 13.0 Å². The molecule has 0 spiro atoms. The van der Waals surface area contributed by atoms with Gasteiger partial charge in [0, 0.05) is 32.3 Å². The maximum absolute atomic E-state index is 10.8. The van der Waals surface area contributed by atoms with Gasteiger partial charge in [0.1, 0.15) is 0 Å². The van der Waals surface area contributed by atoms with Crippen LogP contribution in [0.3, 0.4) is 0 Å². The van der Waals surface area contributed by atoms with Crippen LogP contribution in [0.15, 0.2) is 47.5 Å². The van der Waals surface area contributed by atoms with E-state index in [1.807, 2.05) is 18.2 Å². The minimum absolute atomic E-state index is 0.0676. The second-order valence-electron chi connectivity index (χ2n) is 6.37. The fraction of sp³-hybridized carbons (Fsp3) is 0.350. The van der Waals surface area contributed by atoms with Crippen molar-refractivity contribution in [1.82, 2.24) is 10.6 Å². The minimum atomic E-state index is -0.414. The molecular weight excluding hydrogens is 376 g/mol. The van der Waals surface area contributed by atoms with E-state index in [1.54, 1.807) is 19.2 Å². The maximum atomic E-state index is 10.8. The highest BCUT2D eigenvalue weighted by Gasteiger charge is 2.13. The number of nitrogens with one attached hydrogen (secondary N) is 2. The van der Waals surface area contributed by atoms with Crippen molar-refractivity contribution in [2.24, 2.45) is 4.99 Å². The van der Waals surface area contributed by atoms with Crippen molar-refractivity contribution < 1.29 is 19.1 Å². The lowest BCUT2D eigenvalue weighted by Crippen LogP contribution is -2.40. The van der Waals surface area contributed by atoms with Gasteiger partial charge in [-0.3, -0.25) is 10.1 Å². The van der Waals surface area contributed by atoms with Gasteiger partial charge >= 0.3 is 0 Å². The minimum Gasteiger partial charge on any atom is -0.454 e. The number of rotatable bonds is 9. The van der Waals surface area contributed by atoms with Crippen LogP contribution in [0.5, 0.6) is 11.5 Å². The van der Waals surface area contributed by atoms with Crippen LogP contribution in [0.1, 0.15) is 11.1 Å². The molecule has 1 aliphatic heterocycles. The Kier molecular flexibility index (Phi) is 7.23. The van der Waals surface area contributed by atoms with E-state index in [9.17, 15) is 10.1 Å². The van der Waals surface area contributed by atoms with Crippen LogP contribution in [-0.2, 0) is 17.7 Å². The third-order valence-corrected chi connectivity index (χ3v) is 4.31. The van der Waals surface area contributed by atoms with Gasteiger partial charge in [-0.2, -0.15) is 0 Å². The van der Waals surface area contributed by atoms with Crippen molar-refractivity contribution in [3.8, 4) is 11.5 Å². The molecule has 0 atom stereocenters. The average Bonchev–Trinajstić information content (AvgIpc) is 3.20. The Morgan fingerprint density at radius 3 is 2.59 bits per heavy atom. The molecule has 0 aliphatic carbocycles. The SMILES string of the molecule is COCCNC(=NCc1ccc([N+](=O)[O-])cc1)NCCc1ccc2c(c1)OCO2. The molecule has 0 saturated carbocycles. The molecular formula is C20H24N4O5. The number of non-ortho nitro benzene ring substituents is 1. The zero-order valence-electron chi connectivity index (χ0n) is 16.2. The number of guanidine groups is 1. The Bertz CT molecular complexity index is 854. The first-order valence-corrected chi connectivity index (χ1v) is 9.28. The summed E-state index contributed by atoms with van der Waals surface area (Å²) in [7, 11) is 1.64. The molecule has 3 rings (SSSR count). The standard InChI is InChI=1S/C20H24N4O5/c1-27-11-10-22-20(23-13-16-2-5-17(6-3-16)24(25)26)21-9-8-15-4-7-18-19(12-15)29-14-28-18/h2-7,12H,8-11,13-14H2,1H3,(H2,21,22,23). The highest BCUT2D eigenvalue weighted by molar-refractivity contribution is 5.79. The van der Waals surface area contributed by atoms with E-state index in [0.717, 1.165) is 29.0 Å². The molecule has 0 amide bonds. The summed E-state index contributed by atoms with van der Waals surface area (Å²) in [5.74, 6) is 2.20. The first-order chi connectivity index (χ1) is 14.2. The van der Waals surface area contributed by atoms with Crippen molar-refractivity contribution in [3.05, 3.63) is 63.7 Å². The molecule has 2 aromatic rings. The number of ether oxygens (including phenoxy) is 3. The van der Waals surface area contributed by atoms with E-state index in [1.165, 1.54) is 12.1 Å². The molecule has 0 radical (unpaired) electrons. The smallest absolute Gasteiger partial charge is 0.269 e. The van der Waals surface area contributed by atoms with Gasteiger partial charge in [0.2, 0.25) is 6.79 Å². The van der Waals surface area contributed by atoms with Crippen LogP contribution in [0.4, 0.5) is 5.69 Å². The number of benzene rings is 2. The highest BCUT2D eigenvalue weighted by Crippen LogP contribution is 2.32. The van der Waals surface area contributed by atoms with E-state index >= 15 is 0 Å². The largest absolute Gasteiger partial charge is 0.454 e. The van der Waals surface area contributed by atoms with E-state index < -0.39 is 4.92 Å². The zero-order chi connectivity index (χ0) is 20.5. The Morgan fingerprint density at radius 2 is 1.83 bits per heavy atom. The molecule has 9 nitrogen and oxygen atoms in total. The fourth-order valence-electron chi connectivity index (χ4n) is 2.76. The summed E-state index contributed by atoms with van der Waals surface area (Å²) in [6.07, 6.45) is 0.791. The molecule has 1 heterocycles. The Labute approximate surface area is 168 Å². The number of hydrogen-bond donors (Lipinski definition) is 2. The summed E-state index contributed by atoms with van der Waals surface area (Å²) in [4.78, 5) is 14.9. The lowest BCUT2D eigenvalue weighted by Gasteiger charge is -2.12. The number of aliphatic imine (C=N–C) groups is 1. The average molecular weight is 400 g/mol. The molecule has 9 heteroatoms. The lowest BCUT2D eigenvalue weighted by atomic mass is 10.1. The first kappa shape index (κ1) is 20.4. The van der Waals surface area contributed by atoms with Gasteiger partial charge in [0.15, 0.2) is 17.5 Å². The second-order valence-corrected chi connectivity index (χ2v) is 6.37. The molecule has 0 bridgehead atoms. The maximum Gasteiger partial charge on any atom is 0.269 e. The number of nitro groups is 1. The van der Waals surface area contributed by atoms with Gasteiger partial charge in [-0.05, 0) is 29.7 Å². The lowest BCUT2D eigenvalue weighted by molar-refractivity contribution is -0.384. The molecule has 0 saturated heterocycles. The topological polar surface area (TPSA) is 107 Å². The summed E-state index contributed by atoms with van der Waals surface area (Å²) in [5, 5.41) is 17.3. The predicted molar refractivity (Wildman–Crippen MR) is 108 cm³/mol. The summed E-state index contributed by atoms with van der Waals surface area (Å²) in [6, 6.07) is 12.3. The number of nitrogens with zero attached hydrogens (tertiary/aromatic N) is 2. The van der Waals surface area contributed by atoms with Gasteiger partial charge < -0.3 is 24.8 Å². The molecule has 0 unspecified atom stereocenters. The van der Waals surface area contributed by atoms with Gasteiger partial charge in [-0.1, -0.05) is 18.2 Å². The van der Waals surface area contributed by atoms with Gasteiger partial charge in [-0.15, -0.1) is 0 Å². The summed E-state index contributed by atoms with van der Waals surface area (Å²) >= 11 is 0. The summed E-state index contributed by atoms with van der Waals surface area (Å²) in [5.41, 5.74) is 2.09. The Hall–Kier alpha value is -3.33. The normalized spacial score (nSPS) is 12.7. The zero-order valence-corrected chi connectivity index (χ0v) is 16.2. The molecule has 1 aliphatic rings. The Morgan fingerprint density at radius 1 is 1.10 bits per heavy atom. The van der Waals surface area contributed by atoms with Crippen molar-refractivity contribution in [2.75, 3.05) is 33.6 Å². The van der Waals surface area contributed by atoms with Crippen LogP contribution in [0.25, 0.3) is 0 Å². The molecule has 2 aromatic carbocycles. The molecule has 154 valence electrons. The van der Waals surface area contributed by atoms with E-state index in [0.29, 0.717) is 32.2 Å². The van der Waals surface area contributed by atoms with Crippen molar-refractivity contribution in [1.29, 1.82) is 0 Å². The third kappa shape index (κ3) is 6.08. The van der Waals surface area contributed by atoms with Crippen LogP contribution in [-0.4, -0.2) is 44.5 Å². The quantitative estimate of drug-likeness (QED) is 0.219. The van der Waals surface area contributed by atoms with E-state index in [4.69, 9.17) is 14.2 Å². The van der Waals surface area contributed by atoms with Crippen molar-refractivity contribution >= 4 is 11.6 Å². The molecule has 0 fully saturated rings. The number of methoxy groups -OCH3 is 1. The number of hydrogen-bond acceptors (Lipinski definition) is 6. The summed E-state index contributed by atoms with van der Waals surface area (Å²) < 4.78 is 15.8. The number of fused-ring (bicyclic) bond motifs is 1. The van der Waals surface area contributed by atoms with E-state index in [2.05, 4.69) is 15.6 Å². The predicted octanol–water partition coefficient (Wildman–Crippen LogP) is 2.25. The highest BCUT2D eigenvalue weighted by atomic mass is 16.7. The van der Waals surface area contributed by atoms with Gasteiger partial charge in [0.05, 0.1) is 18.1 Å². The number of nitro benzene ring substituents is 1. The fourth-order valence-corrected chi connectivity index (χ4v) is 2.76. The van der Waals surface area contributed by atoms with Crippen LogP contribution < -0.4 is 20.1 Å². The monoisotopic (exact) mass is 400 g/mol. The second kappa shape index (κ2) is 10.3.